The highest BCUT2D eigenvalue weighted by molar-refractivity contribution is 5.70. The van der Waals surface area contributed by atoms with Gasteiger partial charge in [0.1, 0.15) is 13.1 Å². The third-order valence-corrected chi connectivity index (χ3v) is 9.32. The normalized spacial score (nSPS) is 11.9. The Kier molecular flexibility index (Phi) is 40.1. The van der Waals surface area contributed by atoms with Crippen molar-refractivity contribution in [3.63, 3.8) is 0 Å². The molecular formula is C41H84Br2N2O8. The number of carbonyl (C=O) groups excluding carboxylic acids is 2. The van der Waals surface area contributed by atoms with E-state index in [1.165, 1.54) is 89.9 Å². The van der Waals surface area contributed by atoms with Crippen LogP contribution in [-0.4, -0.2) is 141 Å². The summed E-state index contributed by atoms with van der Waals surface area (Å²) in [5, 5.41) is 0. The van der Waals surface area contributed by atoms with Gasteiger partial charge in [-0.15, -0.1) is 0 Å². The van der Waals surface area contributed by atoms with Gasteiger partial charge in [-0.25, -0.2) is 9.59 Å². The van der Waals surface area contributed by atoms with Gasteiger partial charge in [-0.2, -0.15) is 0 Å². The molecule has 0 unspecified atom stereocenters. The molecule has 0 atom stereocenters. The predicted octanol–water partition coefficient (Wildman–Crippen LogP) is 1.61. The lowest BCUT2D eigenvalue weighted by Gasteiger charge is -2.35. The second kappa shape index (κ2) is 37.2. The maximum Gasteiger partial charge on any atom is 0.361 e. The number of ether oxygens (including phenoxy) is 6. The Morgan fingerprint density at radius 1 is 0.434 bits per heavy atom. The summed E-state index contributed by atoms with van der Waals surface area (Å²) < 4.78 is 36.8. The number of esters is 2. The smallest absolute Gasteiger partial charge is 0.361 e. The molecule has 0 aromatic carbocycles. The lowest BCUT2D eigenvalue weighted by molar-refractivity contribution is -0.883. The van der Waals surface area contributed by atoms with Gasteiger partial charge in [0.05, 0.1) is 86.5 Å². The Bertz CT molecular complexity index is 770. The zero-order chi connectivity index (χ0) is 38.1. The Morgan fingerprint density at radius 2 is 0.717 bits per heavy atom. The lowest BCUT2D eigenvalue weighted by atomic mass is 9.92. The largest absolute Gasteiger partial charge is 1.00 e. The van der Waals surface area contributed by atoms with Crippen LogP contribution in [0.1, 0.15) is 130 Å². The highest BCUT2D eigenvalue weighted by atomic mass is 79.9. The van der Waals surface area contributed by atoms with Crippen molar-refractivity contribution in [1.82, 2.24) is 0 Å². The fraction of sp³-hybridized carbons (Fsp3) is 0.951. The number of unbranched alkanes of at least 4 members (excludes halogenated alkanes) is 14. The fourth-order valence-corrected chi connectivity index (χ4v) is 5.97. The number of halogens is 2. The third kappa shape index (κ3) is 35.8. The molecule has 0 rings (SSSR count). The van der Waals surface area contributed by atoms with Gasteiger partial charge in [-0.3, -0.25) is 0 Å². The number of rotatable bonds is 38. The fourth-order valence-electron chi connectivity index (χ4n) is 5.97. The van der Waals surface area contributed by atoms with Crippen LogP contribution in [0.2, 0.25) is 0 Å². The molecule has 0 aliphatic carbocycles. The van der Waals surface area contributed by atoms with Crippen molar-refractivity contribution in [3.05, 3.63) is 0 Å². The summed E-state index contributed by atoms with van der Waals surface area (Å²) in [6.07, 6.45) is 20.1. The van der Waals surface area contributed by atoms with E-state index >= 15 is 0 Å². The van der Waals surface area contributed by atoms with E-state index in [2.05, 4.69) is 13.8 Å². The molecule has 0 spiro atoms. The van der Waals surface area contributed by atoms with Crippen molar-refractivity contribution in [1.29, 1.82) is 0 Å². The minimum Gasteiger partial charge on any atom is -1.00 e. The van der Waals surface area contributed by atoms with Crippen molar-refractivity contribution >= 4 is 11.9 Å². The van der Waals surface area contributed by atoms with Crippen LogP contribution in [0, 0.1) is 5.41 Å². The molecule has 0 saturated carbocycles. The number of nitrogens with zero attached hydrogens (tertiary/aromatic N) is 2. The summed E-state index contributed by atoms with van der Waals surface area (Å²) in [5.74, 6) is -0.392. The monoisotopic (exact) mass is 890 g/mol. The first-order valence-corrected chi connectivity index (χ1v) is 20.7. The predicted molar refractivity (Wildman–Crippen MR) is 208 cm³/mol. The van der Waals surface area contributed by atoms with Gasteiger partial charge in [-0.1, -0.05) is 104 Å². The van der Waals surface area contributed by atoms with Crippen LogP contribution >= 0.6 is 0 Å². The maximum atomic E-state index is 12.1. The van der Waals surface area contributed by atoms with E-state index < -0.39 is 5.41 Å². The van der Waals surface area contributed by atoms with Gasteiger partial charge >= 0.3 is 11.9 Å². The summed E-state index contributed by atoms with van der Waals surface area (Å²) in [4.78, 5) is 24.3. The van der Waals surface area contributed by atoms with E-state index in [1.54, 1.807) is 0 Å². The van der Waals surface area contributed by atoms with Gasteiger partial charge in [0.2, 0.25) is 0 Å². The molecule has 0 saturated heterocycles. The summed E-state index contributed by atoms with van der Waals surface area (Å²) in [5.41, 5.74) is -0.475. The summed E-state index contributed by atoms with van der Waals surface area (Å²) >= 11 is 0. The van der Waals surface area contributed by atoms with E-state index in [1.807, 2.05) is 42.0 Å². The van der Waals surface area contributed by atoms with Crippen LogP contribution in [0.25, 0.3) is 0 Å². The van der Waals surface area contributed by atoms with E-state index in [0.29, 0.717) is 101 Å². The van der Waals surface area contributed by atoms with Gasteiger partial charge in [0.15, 0.2) is 13.1 Å². The number of hydrogen-bond donors (Lipinski definition) is 0. The molecule has 10 nitrogen and oxygen atoms in total. The zero-order valence-corrected chi connectivity index (χ0v) is 38.8. The average Bonchev–Trinajstić information content (AvgIpc) is 3.06. The molecule has 0 fully saturated rings. The molecule has 0 amide bonds. The van der Waals surface area contributed by atoms with Crippen LogP contribution in [0.5, 0.6) is 0 Å². The van der Waals surface area contributed by atoms with Crippen LogP contribution in [0.3, 0.4) is 0 Å². The second-order valence-electron chi connectivity index (χ2n) is 15.9. The highest BCUT2D eigenvalue weighted by Crippen LogP contribution is 2.22. The summed E-state index contributed by atoms with van der Waals surface area (Å²) in [6, 6.07) is 0. The van der Waals surface area contributed by atoms with Gasteiger partial charge < -0.3 is 71.4 Å². The van der Waals surface area contributed by atoms with E-state index in [9.17, 15) is 9.59 Å². The minimum atomic E-state index is -0.475. The van der Waals surface area contributed by atoms with Crippen LogP contribution < -0.4 is 34.0 Å². The summed E-state index contributed by atoms with van der Waals surface area (Å²) in [6.45, 7) is 15.1. The molecule has 320 valence electrons. The molecule has 12 heteroatoms. The minimum absolute atomic E-state index is 0. The molecule has 0 bridgehead atoms. The highest BCUT2D eigenvalue weighted by Gasteiger charge is 2.34. The van der Waals surface area contributed by atoms with Crippen LogP contribution in [0.4, 0.5) is 0 Å². The zero-order valence-electron chi connectivity index (χ0n) is 35.6. The number of likely N-dealkylation sites (N-methyl/N-ethyl adjacent to an activating group) is 2. The van der Waals surface area contributed by atoms with Crippen LogP contribution in [-0.2, 0) is 38.0 Å². The first kappa shape index (κ1) is 57.0. The molecule has 0 aromatic rings. The Hall–Kier alpha value is -0.340. The van der Waals surface area contributed by atoms with Gasteiger partial charge in [0, 0.05) is 13.2 Å². The Labute approximate surface area is 347 Å². The topological polar surface area (TPSA) is 89.5 Å². The quantitative estimate of drug-likeness (QED) is 0.0526. The molecule has 0 radical (unpaired) electrons. The van der Waals surface area contributed by atoms with Crippen molar-refractivity contribution in [2.24, 2.45) is 5.41 Å². The van der Waals surface area contributed by atoms with Crippen molar-refractivity contribution < 1.29 is 80.9 Å². The number of carbonyl (C=O) groups is 2. The molecule has 0 aromatic heterocycles. The Morgan fingerprint density at radius 3 is 1.02 bits per heavy atom. The average molecular weight is 893 g/mol. The number of quaternary nitrogens is 2. The van der Waals surface area contributed by atoms with Crippen molar-refractivity contribution in [2.45, 2.75) is 130 Å². The third-order valence-electron chi connectivity index (χ3n) is 9.32. The molecule has 0 aliphatic rings. The molecule has 0 aliphatic heterocycles. The molecule has 0 heterocycles. The van der Waals surface area contributed by atoms with E-state index in [-0.39, 0.29) is 45.9 Å². The Balaban J connectivity index is -0.0000125. The molecule has 53 heavy (non-hydrogen) atoms. The van der Waals surface area contributed by atoms with Gasteiger partial charge in [-0.05, 0) is 26.7 Å². The second-order valence-corrected chi connectivity index (χ2v) is 15.9. The number of hydrogen-bond acceptors (Lipinski definition) is 8. The van der Waals surface area contributed by atoms with Crippen molar-refractivity contribution in [2.75, 3.05) is 120 Å². The van der Waals surface area contributed by atoms with Gasteiger partial charge in [0.25, 0.3) is 0 Å². The summed E-state index contributed by atoms with van der Waals surface area (Å²) in [7, 11) is 8.08. The van der Waals surface area contributed by atoms with Crippen molar-refractivity contribution in [3.8, 4) is 0 Å². The van der Waals surface area contributed by atoms with E-state index in [4.69, 9.17) is 28.4 Å². The SMILES string of the molecule is CCCCCCCCCCOCC(COCCCCCCCCCC)(COCC[N+](C)(C)CC(=O)OCC)COCC[N+](C)(C)CC(=O)OCC.[Br-].[Br-]. The lowest BCUT2D eigenvalue weighted by Crippen LogP contribution is -3.00. The maximum absolute atomic E-state index is 12.1. The first-order valence-electron chi connectivity index (χ1n) is 20.7. The first-order chi connectivity index (χ1) is 24.4. The van der Waals surface area contributed by atoms with E-state index in [0.717, 1.165) is 12.8 Å². The molecular weight excluding hydrogens is 808 g/mol. The van der Waals surface area contributed by atoms with Crippen LogP contribution in [0.15, 0.2) is 0 Å². The molecule has 0 N–H and O–H groups in total. The standard InChI is InChI=1S/C41H84N2O8.2BrH/c1-9-13-15-17-19-21-23-25-29-46-35-41(36-47-30-26-24-22-20-18-16-14-10-2,37-48-31-27-42(5,6)33-39(44)50-11-3)38-49-32-28-43(7,8)34-40(45)51-12-4;;/h9-38H2,1-8H3;2*1H/q+2;;/p-2.